The Labute approximate surface area is 149 Å². The number of nitrogens with two attached hydrogens (primary N) is 1. The Morgan fingerprint density at radius 2 is 1.96 bits per heavy atom. The summed E-state index contributed by atoms with van der Waals surface area (Å²) in [5.74, 6) is 1.63. The summed E-state index contributed by atoms with van der Waals surface area (Å²) in [4.78, 5) is 11.4. The van der Waals surface area contributed by atoms with E-state index in [1.807, 2.05) is 30.3 Å². The number of rotatable bonds is 4. The van der Waals surface area contributed by atoms with E-state index in [0.29, 0.717) is 24.2 Å². The molecule has 6 atom stereocenters. The van der Waals surface area contributed by atoms with Gasteiger partial charge in [0, 0.05) is 6.42 Å². The van der Waals surface area contributed by atoms with Crippen molar-refractivity contribution in [2.75, 3.05) is 0 Å². The molecule has 1 saturated heterocycles. The zero-order valence-electron chi connectivity index (χ0n) is 15.1. The van der Waals surface area contributed by atoms with E-state index in [9.17, 15) is 4.79 Å². The number of carbonyl (C=O) groups is 1. The first-order valence-electron chi connectivity index (χ1n) is 9.19. The van der Waals surface area contributed by atoms with E-state index in [4.69, 9.17) is 19.8 Å². The van der Waals surface area contributed by atoms with Crippen LogP contribution in [-0.4, -0.2) is 31.4 Å². The number of hydrogen-bond donors (Lipinski definition) is 1. The maximum atomic E-state index is 11.4. The normalized spacial score (nSPS) is 36.3. The van der Waals surface area contributed by atoms with Crippen LogP contribution in [0.3, 0.4) is 0 Å². The molecule has 0 aromatic heterocycles. The lowest BCUT2D eigenvalue weighted by Gasteiger charge is -2.63. The predicted octanol–water partition coefficient (Wildman–Crippen LogP) is 2.82. The number of primary amides is 1. The fourth-order valence-corrected chi connectivity index (χ4v) is 5.28. The molecule has 4 aliphatic rings. The van der Waals surface area contributed by atoms with Crippen molar-refractivity contribution in [3.8, 4) is 0 Å². The highest BCUT2D eigenvalue weighted by atomic mass is 16.7. The molecule has 0 unspecified atom stereocenters. The van der Waals surface area contributed by atoms with Gasteiger partial charge in [0.05, 0.1) is 12.2 Å². The molecule has 0 radical (unpaired) electrons. The lowest BCUT2D eigenvalue weighted by atomic mass is 9.44. The topological polar surface area (TPSA) is 70.8 Å². The van der Waals surface area contributed by atoms with Crippen LogP contribution in [0.15, 0.2) is 30.3 Å². The standard InChI is InChI=1S/C19H26BNO4/c1-11-13-10-14(19(13,2)3)17-16(11)24-20(25-17)15(23-18(21)22)9-12-7-5-4-6-8-12/h4-8,11,13-17H,9-10H2,1-3H3,(H2,21,22)/t11-,13+,14-,15+,16-,17+/m1/s1. The van der Waals surface area contributed by atoms with E-state index >= 15 is 0 Å². The van der Waals surface area contributed by atoms with Crippen LogP contribution in [0.1, 0.15) is 32.8 Å². The minimum absolute atomic E-state index is 0.0785. The van der Waals surface area contributed by atoms with Gasteiger partial charge >= 0.3 is 13.2 Å². The second kappa shape index (κ2) is 6.03. The predicted molar refractivity (Wildman–Crippen MR) is 94.6 cm³/mol. The minimum Gasteiger partial charge on any atom is -0.448 e. The molecule has 1 aromatic carbocycles. The van der Waals surface area contributed by atoms with E-state index < -0.39 is 19.2 Å². The Hall–Kier alpha value is -1.53. The molecule has 0 spiro atoms. The second-order valence-electron chi connectivity index (χ2n) is 8.36. The van der Waals surface area contributed by atoms with E-state index in [-0.39, 0.29) is 17.6 Å². The molecule has 25 heavy (non-hydrogen) atoms. The lowest BCUT2D eigenvalue weighted by Crippen LogP contribution is -2.63. The largest absolute Gasteiger partial charge is 0.501 e. The zero-order chi connectivity index (χ0) is 17.8. The molecule has 1 aliphatic heterocycles. The molecule has 3 aliphatic carbocycles. The van der Waals surface area contributed by atoms with E-state index in [1.165, 1.54) is 6.42 Å². The van der Waals surface area contributed by atoms with Crippen molar-refractivity contribution < 1.29 is 18.8 Å². The van der Waals surface area contributed by atoms with Crippen molar-refractivity contribution in [3.63, 3.8) is 0 Å². The highest BCUT2D eigenvalue weighted by Gasteiger charge is 2.65. The van der Waals surface area contributed by atoms with Gasteiger partial charge in [0.2, 0.25) is 0 Å². The van der Waals surface area contributed by atoms with Crippen LogP contribution in [0.25, 0.3) is 0 Å². The Kier molecular flexibility index (Phi) is 4.08. The number of carbonyl (C=O) groups excluding carboxylic acids is 1. The molecule has 1 aromatic rings. The fourth-order valence-electron chi connectivity index (χ4n) is 5.28. The zero-order valence-corrected chi connectivity index (χ0v) is 15.1. The summed E-state index contributed by atoms with van der Waals surface area (Å²) < 4.78 is 17.9. The van der Waals surface area contributed by atoms with Crippen LogP contribution in [0.4, 0.5) is 4.79 Å². The van der Waals surface area contributed by atoms with E-state index in [2.05, 4.69) is 20.8 Å². The first-order valence-corrected chi connectivity index (χ1v) is 9.19. The molecule has 6 heteroatoms. The Bertz CT molecular complexity index is 652. The first-order chi connectivity index (χ1) is 11.9. The summed E-state index contributed by atoms with van der Waals surface area (Å²) >= 11 is 0. The van der Waals surface area contributed by atoms with Crippen molar-refractivity contribution >= 4 is 13.2 Å². The maximum Gasteiger partial charge on any atom is 0.501 e. The van der Waals surface area contributed by atoms with Gasteiger partial charge in [0.1, 0.15) is 6.00 Å². The summed E-state index contributed by atoms with van der Waals surface area (Å²) in [6, 6.07) is 9.36. The smallest absolute Gasteiger partial charge is 0.448 e. The molecule has 4 fully saturated rings. The molecule has 1 amide bonds. The Morgan fingerprint density at radius 3 is 2.60 bits per heavy atom. The Balaban J connectivity index is 1.52. The van der Waals surface area contributed by atoms with Gasteiger partial charge in [-0.2, -0.15) is 0 Å². The van der Waals surface area contributed by atoms with Crippen LogP contribution >= 0.6 is 0 Å². The molecular formula is C19H26BNO4. The third-order valence-electron chi connectivity index (χ3n) is 6.73. The number of hydrogen-bond acceptors (Lipinski definition) is 4. The van der Waals surface area contributed by atoms with Crippen LogP contribution in [0, 0.1) is 23.2 Å². The van der Waals surface area contributed by atoms with Crippen molar-refractivity contribution in [2.24, 2.45) is 28.9 Å². The van der Waals surface area contributed by atoms with Gasteiger partial charge in [-0.15, -0.1) is 0 Å². The van der Waals surface area contributed by atoms with Gasteiger partial charge in [-0.3, -0.25) is 0 Å². The van der Waals surface area contributed by atoms with Crippen molar-refractivity contribution in [1.29, 1.82) is 0 Å². The monoisotopic (exact) mass is 343 g/mol. The van der Waals surface area contributed by atoms with Gasteiger partial charge in [-0.25, -0.2) is 4.79 Å². The summed E-state index contributed by atoms with van der Waals surface area (Å²) in [6.07, 6.45) is 1.09. The highest BCUT2D eigenvalue weighted by Crippen LogP contribution is 2.63. The van der Waals surface area contributed by atoms with Crippen LogP contribution in [0.2, 0.25) is 0 Å². The van der Waals surface area contributed by atoms with Gasteiger partial charge < -0.3 is 19.8 Å². The Morgan fingerprint density at radius 1 is 1.28 bits per heavy atom. The van der Waals surface area contributed by atoms with Crippen LogP contribution in [0.5, 0.6) is 0 Å². The van der Waals surface area contributed by atoms with E-state index in [1.54, 1.807) is 0 Å². The van der Waals surface area contributed by atoms with Crippen LogP contribution in [-0.2, 0) is 20.5 Å². The molecule has 5 rings (SSSR count). The second-order valence-corrected chi connectivity index (χ2v) is 8.36. The van der Waals surface area contributed by atoms with Gasteiger partial charge in [0.25, 0.3) is 0 Å². The molecule has 2 N–H and O–H groups in total. The molecule has 3 saturated carbocycles. The van der Waals surface area contributed by atoms with Crippen LogP contribution < -0.4 is 5.73 Å². The molecule has 1 heterocycles. The SMILES string of the molecule is C[C@H]1[C@H]2OB([C@H](Cc3ccccc3)OC(N)=O)O[C@H]2[C@H]2C[C@@H]1C2(C)C. The third kappa shape index (κ3) is 2.76. The average molecular weight is 343 g/mol. The molecule has 2 bridgehead atoms. The summed E-state index contributed by atoms with van der Waals surface area (Å²) in [5, 5.41) is 0. The summed E-state index contributed by atoms with van der Waals surface area (Å²) in [6.45, 7) is 6.92. The number of benzene rings is 1. The number of amides is 1. The van der Waals surface area contributed by atoms with Crippen molar-refractivity contribution in [3.05, 3.63) is 35.9 Å². The lowest BCUT2D eigenvalue weighted by molar-refractivity contribution is -0.182. The fraction of sp³-hybridized carbons (Fsp3) is 0.632. The highest BCUT2D eigenvalue weighted by molar-refractivity contribution is 6.47. The quantitative estimate of drug-likeness (QED) is 0.854. The molecule has 5 nitrogen and oxygen atoms in total. The molecule has 134 valence electrons. The third-order valence-corrected chi connectivity index (χ3v) is 6.73. The first kappa shape index (κ1) is 16.9. The maximum absolute atomic E-state index is 11.4. The van der Waals surface area contributed by atoms with Gasteiger partial charge in [-0.05, 0) is 35.2 Å². The minimum atomic E-state index is -0.791. The molecular weight excluding hydrogens is 317 g/mol. The summed E-state index contributed by atoms with van der Waals surface area (Å²) in [7, 11) is -0.555. The average Bonchev–Trinajstić information content (AvgIpc) is 3.00. The summed E-state index contributed by atoms with van der Waals surface area (Å²) in [5.41, 5.74) is 6.65. The van der Waals surface area contributed by atoms with E-state index in [0.717, 1.165) is 5.56 Å². The number of ether oxygens (including phenoxy) is 1. The van der Waals surface area contributed by atoms with Crippen molar-refractivity contribution in [1.82, 2.24) is 0 Å². The van der Waals surface area contributed by atoms with Gasteiger partial charge in [-0.1, -0.05) is 51.1 Å². The van der Waals surface area contributed by atoms with Gasteiger partial charge in [0.15, 0.2) is 0 Å². The van der Waals surface area contributed by atoms with Crippen molar-refractivity contribution in [2.45, 2.75) is 51.8 Å².